The van der Waals surface area contributed by atoms with Gasteiger partial charge in [-0.05, 0) is 23.8 Å². The van der Waals surface area contributed by atoms with Crippen LogP contribution in [0.15, 0.2) is 68.4 Å². The van der Waals surface area contributed by atoms with Crippen LogP contribution in [0.2, 0.25) is 5.02 Å². The zero-order chi connectivity index (χ0) is 22.3. The number of sulfone groups is 1. The Kier molecular flexibility index (Phi) is 5.29. The molecule has 0 aliphatic rings. The average Bonchev–Trinajstić information content (AvgIpc) is 3.14. The molecule has 0 aliphatic heterocycles. The van der Waals surface area contributed by atoms with Crippen molar-refractivity contribution in [2.75, 3.05) is 0 Å². The molecular formula is C20H13ClN2O6S2. The lowest BCUT2D eigenvalue weighted by molar-refractivity contribution is 0.0704. The van der Waals surface area contributed by atoms with E-state index in [9.17, 15) is 27.9 Å². The van der Waals surface area contributed by atoms with Crippen LogP contribution in [0.1, 0.15) is 15.2 Å². The van der Waals surface area contributed by atoms with Gasteiger partial charge in [-0.2, -0.15) is 0 Å². The van der Waals surface area contributed by atoms with E-state index in [2.05, 4.69) is 4.98 Å². The fraction of sp³-hybridized carbons (Fsp3) is 0.0500. The Morgan fingerprint density at radius 2 is 1.84 bits per heavy atom. The SMILES string of the molecule is O=C(O)c1scc2[nH]c(=O)n(-c3cc(S(=O)(=O)Cc4ccccc4)ccc3Cl)c(=O)c12. The molecule has 0 unspecified atom stereocenters. The van der Waals surface area contributed by atoms with E-state index < -0.39 is 27.1 Å². The zero-order valence-corrected chi connectivity index (χ0v) is 17.9. The van der Waals surface area contributed by atoms with Crippen LogP contribution in [-0.4, -0.2) is 29.0 Å². The number of benzene rings is 2. The molecule has 0 radical (unpaired) electrons. The van der Waals surface area contributed by atoms with Crippen molar-refractivity contribution in [3.05, 3.63) is 90.2 Å². The summed E-state index contributed by atoms with van der Waals surface area (Å²) >= 11 is 6.99. The van der Waals surface area contributed by atoms with E-state index in [1.807, 2.05) is 0 Å². The number of aromatic amines is 1. The van der Waals surface area contributed by atoms with Crippen LogP contribution in [-0.2, 0) is 15.6 Å². The Balaban J connectivity index is 1.91. The Bertz CT molecular complexity index is 1550. The smallest absolute Gasteiger partial charge is 0.346 e. The fourth-order valence-electron chi connectivity index (χ4n) is 3.15. The standard InChI is InChI=1S/C20H13ClN2O6S2/c21-13-7-6-12(31(28,29)10-11-4-2-1-3-5-11)8-15(13)23-18(24)16-14(22-20(23)27)9-30-17(16)19(25)26/h1-9H,10H2,(H,22,27)(H,25,26). The lowest BCUT2D eigenvalue weighted by Gasteiger charge is -2.11. The lowest BCUT2D eigenvalue weighted by Crippen LogP contribution is -2.34. The summed E-state index contributed by atoms with van der Waals surface area (Å²) in [4.78, 5) is 39.1. The highest BCUT2D eigenvalue weighted by Crippen LogP contribution is 2.26. The van der Waals surface area contributed by atoms with Crippen LogP contribution in [0.5, 0.6) is 0 Å². The monoisotopic (exact) mass is 476 g/mol. The summed E-state index contributed by atoms with van der Waals surface area (Å²) in [6.07, 6.45) is 0. The molecule has 4 aromatic rings. The number of carboxylic acids is 1. The molecule has 0 saturated carbocycles. The van der Waals surface area contributed by atoms with Crippen LogP contribution in [0.3, 0.4) is 0 Å². The Morgan fingerprint density at radius 3 is 2.52 bits per heavy atom. The second-order valence-electron chi connectivity index (χ2n) is 6.59. The number of aromatic carboxylic acids is 1. The first-order chi connectivity index (χ1) is 14.7. The first-order valence-electron chi connectivity index (χ1n) is 8.75. The topological polar surface area (TPSA) is 126 Å². The normalized spacial score (nSPS) is 11.6. The number of halogens is 1. The maximum Gasteiger partial charge on any atom is 0.346 e. The summed E-state index contributed by atoms with van der Waals surface area (Å²) in [7, 11) is -3.82. The predicted octanol–water partition coefficient (Wildman–Crippen LogP) is 3.07. The largest absolute Gasteiger partial charge is 0.477 e. The number of nitrogens with one attached hydrogen (secondary N) is 1. The minimum absolute atomic E-state index is 0.0438. The summed E-state index contributed by atoms with van der Waals surface area (Å²) in [6, 6.07) is 12.2. The Hall–Kier alpha value is -3.21. The van der Waals surface area contributed by atoms with E-state index in [0.717, 1.165) is 17.4 Å². The molecular weight excluding hydrogens is 464 g/mol. The molecule has 0 aliphatic carbocycles. The van der Waals surface area contributed by atoms with Crippen LogP contribution < -0.4 is 11.2 Å². The van der Waals surface area contributed by atoms with Gasteiger partial charge in [-0.25, -0.2) is 22.6 Å². The van der Waals surface area contributed by atoms with Crippen molar-refractivity contribution in [1.82, 2.24) is 9.55 Å². The summed E-state index contributed by atoms with van der Waals surface area (Å²) < 4.78 is 26.4. The number of hydrogen-bond donors (Lipinski definition) is 2. The molecule has 0 spiro atoms. The zero-order valence-electron chi connectivity index (χ0n) is 15.5. The Morgan fingerprint density at radius 1 is 1.13 bits per heavy atom. The molecule has 0 atom stereocenters. The molecule has 31 heavy (non-hydrogen) atoms. The molecule has 2 aromatic carbocycles. The second kappa shape index (κ2) is 7.80. The minimum atomic E-state index is -3.82. The number of rotatable bonds is 5. The number of aromatic nitrogens is 2. The van der Waals surface area contributed by atoms with Crippen molar-refractivity contribution in [2.45, 2.75) is 10.6 Å². The summed E-state index contributed by atoms with van der Waals surface area (Å²) in [5.41, 5.74) is -1.28. The maximum atomic E-state index is 13.0. The van der Waals surface area contributed by atoms with Crippen molar-refractivity contribution in [1.29, 1.82) is 0 Å². The number of carbonyl (C=O) groups is 1. The molecule has 0 amide bonds. The molecule has 11 heteroatoms. The first kappa shape index (κ1) is 21.0. The maximum absolute atomic E-state index is 13.0. The van der Waals surface area contributed by atoms with E-state index in [1.54, 1.807) is 30.3 Å². The van der Waals surface area contributed by atoms with E-state index in [-0.39, 0.29) is 37.1 Å². The summed E-state index contributed by atoms with van der Waals surface area (Å²) in [6.45, 7) is 0. The minimum Gasteiger partial charge on any atom is -0.477 e. The number of thiophene rings is 1. The van der Waals surface area contributed by atoms with E-state index in [1.165, 1.54) is 17.5 Å². The van der Waals surface area contributed by atoms with Gasteiger partial charge in [-0.15, -0.1) is 11.3 Å². The van der Waals surface area contributed by atoms with Gasteiger partial charge in [0.05, 0.1) is 32.3 Å². The van der Waals surface area contributed by atoms with E-state index in [4.69, 9.17) is 11.6 Å². The van der Waals surface area contributed by atoms with Gasteiger partial charge in [-0.1, -0.05) is 41.9 Å². The third-order valence-corrected chi connectivity index (χ3v) is 7.54. The van der Waals surface area contributed by atoms with Gasteiger partial charge >= 0.3 is 11.7 Å². The van der Waals surface area contributed by atoms with Gasteiger partial charge in [0, 0.05) is 5.38 Å². The highest BCUT2D eigenvalue weighted by molar-refractivity contribution is 7.90. The van der Waals surface area contributed by atoms with Crippen molar-refractivity contribution in [3.8, 4) is 5.69 Å². The number of H-pyrrole nitrogens is 1. The highest BCUT2D eigenvalue weighted by Gasteiger charge is 2.22. The summed E-state index contributed by atoms with van der Waals surface area (Å²) in [5.74, 6) is -1.60. The Labute approximate surface area is 183 Å². The lowest BCUT2D eigenvalue weighted by atomic mass is 10.2. The van der Waals surface area contributed by atoms with Crippen LogP contribution in [0, 0.1) is 0 Å². The number of hydrogen-bond acceptors (Lipinski definition) is 6. The number of carboxylic acid groups (broad SMARTS) is 1. The molecule has 0 saturated heterocycles. The van der Waals surface area contributed by atoms with Crippen molar-refractivity contribution in [3.63, 3.8) is 0 Å². The van der Waals surface area contributed by atoms with Crippen LogP contribution >= 0.6 is 22.9 Å². The molecule has 0 fully saturated rings. The third kappa shape index (κ3) is 3.80. The van der Waals surface area contributed by atoms with E-state index in [0.29, 0.717) is 10.1 Å². The molecule has 2 N–H and O–H groups in total. The van der Waals surface area contributed by atoms with E-state index >= 15 is 0 Å². The van der Waals surface area contributed by atoms with Crippen LogP contribution in [0.4, 0.5) is 0 Å². The summed E-state index contributed by atoms with van der Waals surface area (Å²) in [5, 5.41) is 10.5. The quantitative estimate of drug-likeness (QED) is 0.456. The second-order valence-corrected chi connectivity index (χ2v) is 9.86. The van der Waals surface area contributed by atoms with Gasteiger partial charge in [0.15, 0.2) is 9.84 Å². The molecule has 4 rings (SSSR count). The van der Waals surface area contributed by atoms with Crippen molar-refractivity contribution < 1.29 is 18.3 Å². The molecule has 2 heterocycles. The van der Waals surface area contributed by atoms with Crippen molar-refractivity contribution >= 4 is 49.6 Å². The van der Waals surface area contributed by atoms with Crippen molar-refractivity contribution in [2.24, 2.45) is 0 Å². The van der Waals surface area contributed by atoms with Gasteiger partial charge in [0.2, 0.25) is 0 Å². The van der Waals surface area contributed by atoms with Crippen LogP contribution in [0.25, 0.3) is 16.6 Å². The average molecular weight is 477 g/mol. The highest BCUT2D eigenvalue weighted by atomic mass is 35.5. The molecule has 0 bridgehead atoms. The van der Waals surface area contributed by atoms with Gasteiger partial charge < -0.3 is 10.1 Å². The van der Waals surface area contributed by atoms with Gasteiger partial charge in [0.1, 0.15) is 4.88 Å². The van der Waals surface area contributed by atoms with Gasteiger partial charge in [-0.3, -0.25) is 4.79 Å². The first-order valence-corrected chi connectivity index (χ1v) is 11.7. The molecule has 158 valence electrons. The molecule has 2 aromatic heterocycles. The fourth-order valence-corrected chi connectivity index (χ4v) is 5.54. The number of nitrogens with zero attached hydrogens (tertiary/aromatic N) is 1. The predicted molar refractivity (Wildman–Crippen MR) is 117 cm³/mol. The van der Waals surface area contributed by atoms with Gasteiger partial charge in [0.25, 0.3) is 5.56 Å². The number of fused-ring (bicyclic) bond motifs is 1. The molecule has 8 nitrogen and oxygen atoms in total. The third-order valence-electron chi connectivity index (χ3n) is 4.56.